The van der Waals surface area contributed by atoms with Crippen LogP contribution in [0, 0.1) is 0 Å². The fourth-order valence-corrected chi connectivity index (χ4v) is 2.58. The Morgan fingerprint density at radius 3 is 2.73 bits per heavy atom. The number of hydrogen-bond donors (Lipinski definition) is 1. The Hall–Kier alpha value is -0.390. The summed E-state index contributed by atoms with van der Waals surface area (Å²) in [6, 6.07) is 0. The van der Waals surface area contributed by atoms with Gasteiger partial charge in [-0.1, -0.05) is 0 Å². The molecular weight excluding hydrogens is 227 g/mol. The van der Waals surface area contributed by atoms with Crippen molar-refractivity contribution >= 4 is 17.7 Å². The molecule has 0 aromatic heterocycles. The molecule has 0 aliphatic carbocycles. The third-order valence-corrected chi connectivity index (χ3v) is 3.58. The van der Waals surface area contributed by atoms with Gasteiger partial charge in [0.05, 0.1) is 6.42 Å². The molecule has 88 valence electrons. The molecule has 1 aliphatic heterocycles. The summed E-state index contributed by atoms with van der Waals surface area (Å²) in [7, 11) is 0. The molecule has 6 heteroatoms. The lowest BCUT2D eigenvalue weighted by atomic mass is 10.2. The molecule has 2 nitrogen and oxygen atoms in total. The van der Waals surface area contributed by atoms with E-state index in [0.717, 1.165) is 18.6 Å². The molecule has 15 heavy (non-hydrogen) atoms. The average molecular weight is 241 g/mol. The normalized spacial score (nSPS) is 21.7. The van der Waals surface area contributed by atoms with Crippen molar-refractivity contribution in [3.05, 3.63) is 0 Å². The van der Waals surface area contributed by atoms with Gasteiger partial charge in [0.25, 0.3) is 0 Å². The zero-order valence-corrected chi connectivity index (χ0v) is 9.09. The molecule has 0 saturated carbocycles. The average Bonchev–Trinajstić information content (AvgIpc) is 2.62. The summed E-state index contributed by atoms with van der Waals surface area (Å²) >= 11 is 1.77. The van der Waals surface area contributed by atoms with Crippen molar-refractivity contribution in [3.63, 3.8) is 0 Å². The van der Waals surface area contributed by atoms with E-state index >= 15 is 0 Å². The second-order valence-corrected chi connectivity index (χ2v) is 4.96. The van der Waals surface area contributed by atoms with Crippen LogP contribution < -0.4 is 5.32 Å². The smallest absolute Gasteiger partial charge is 0.355 e. The number of amides is 1. The van der Waals surface area contributed by atoms with Crippen LogP contribution in [0.5, 0.6) is 0 Å². The largest absolute Gasteiger partial charge is 0.389 e. The number of nitrogens with one attached hydrogen (secondary N) is 1. The second kappa shape index (κ2) is 5.63. The maximum atomic E-state index is 11.8. The standard InChI is InChI=1S/C9H14F3NOS/c10-9(11,12)4-3-8(14)13-6-7-2-1-5-15-7/h7H,1-6H2,(H,13,14)/t7-/m0/s1. The van der Waals surface area contributed by atoms with E-state index in [1.165, 1.54) is 0 Å². The lowest BCUT2D eigenvalue weighted by Crippen LogP contribution is -2.30. The predicted molar refractivity (Wildman–Crippen MR) is 53.8 cm³/mol. The molecule has 1 aliphatic rings. The summed E-state index contributed by atoms with van der Waals surface area (Å²) < 4.78 is 35.3. The minimum atomic E-state index is -4.24. The van der Waals surface area contributed by atoms with Gasteiger partial charge in [-0.15, -0.1) is 0 Å². The Morgan fingerprint density at radius 2 is 2.20 bits per heavy atom. The van der Waals surface area contributed by atoms with Crippen molar-refractivity contribution in [3.8, 4) is 0 Å². The van der Waals surface area contributed by atoms with E-state index in [9.17, 15) is 18.0 Å². The van der Waals surface area contributed by atoms with E-state index in [-0.39, 0.29) is 0 Å². The van der Waals surface area contributed by atoms with Gasteiger partial charge >= 0.3 is 6.18 Å². The molecule has 1 N–H and O–H groups in total. The first-order valence-electron chi connectivity index (χ1n) is 4.92. The lowest BCUT2D eigenvalue weighted by molar-refractivity contribution is -0.144. The van der Waals surface area contributed by atoms with Crippen LogP contribution in [0.4, 0.5) is 13.2 Å². The zero-order chi connectivity index (χ0) is 11.3. The van der Waals surface area contributed by atoms with E-state index in [4.69, 9.17) is 0 Å². The van der Waals surface area contributed by atoms with Crippen molar-refractivity contribution in [1.29, 1.82) is 0 Å². The second-order valence-electron chi connectivity index (χ2n) is 3.55. The minimum Gasteiger partial charge on any atom is -0.355 e. The number of rotatable bonds is 4. The van der Waals surface area contributed by atoms with Gasteiger partial charge in [-0.25, -0.2) is 0 Å². The van der Waals surface area contributed by atoms with Gasteiger partial charge in [-0.3, -0.25) is 4.79 Å². The van der Waals surface area contributed by atoms with Gasteiger partial charge in [0.2, 0.25) is 5.91 Å². The Bertz CT molecular complexity index is 214. The molecule has 1 rings (SSSR count). The Balaban J connectivity index is 2.08. The predicted octanol–water partition coefficient (Wildman–Crippen LogP) is 2.34. The molecule has 0 aromatic rings. The summed E-state index contributed by atoms with van der Waals surface area (Å²) in [6.45, 7) is 0.501. The van der Waals surface area contributed by atoms with Gasteiger partial charge < -0.3 is 5.32 Å². The number of carbonyl (C=O) groups excluding carboxylic acids is 1. The number of halogens is 3. The molecule has 0 aromatic carbocycles. The number of thioether (sulfide) groups is 1. The van der Waals surface area contributed by atoms with E-state index in [2.05, 4.69) is 5.32 Å². The molecule has 1 fully saturated rings. The molecule has 0 spiro atoms. The maximum absolute atomic E-state index is 11.8. The Kier molecular flexibility index (Phi) is 4.76. The van der Waals surface area contributed by atoms with Gasteiger partial charge in [0, 0.05) is 18.2 Å². The molecule has 0 bridgehead atoms. The topological polar surface area (TPSA) is 29.1 Å². The number of carbonyl (C=O) groups is 1. The highest BCUT2D eigenvalue weighted by Crippen LogP contribution is 2.25. The third-order valence-electron chi connectivity index (χ3n) is 2.19. The molecule has 1 saturated heterocycles. The van der Waals surface area contributed by atoms with Gasteiger partial charge in [0.1, 0.15) is 0 Å². The number of alkyl halides is 3. The van der Waals surface area contributed by atoms with E-state index < -0.39 is 24.9 Å². The monoisotopic (exact) mass is 241 g/mol. The summed E-state index contributed by atoms with van der Waals surface area (Å²) in [6.07, 6.45) is -3.55. The third kappa shape index (κ3) is 5.92. The van der Waals surface area contributed by atoms with Crippen LogP contribution in [0.1, 0.15) is 25.7 Å². The first-order chi connectivity index (χ1) is 6.97. The van der Waals surface area contributed by atoms with Crippen molar-refractivity contribution in [2.45, 2.75) is 37.1 Å². The molecule has 1 atom stereocenters. The van der Waals surface area contributed by atoms with Crippen LogP contribution in [-0.4, -0.2) is 29.6 Å². The van der Waals surface area contributed by atoms with E-state index in [0.29, 0.717) is 11.8 Å². The molecular formula is C9H14F3NOS. The Morgan fingerprint density at radius 1 is 1.47 bits per heavy atom. The van der Waals surface area contributed by atoms with Crippen LogP contribution in [0.2, 0.25) is 0 Å². The number of hydrogen-bond acceptors (Lipinski definition) is 2. The summed E-state index contributed by atoms with van der Waals surface area (Å²) in [4.78, 5) is 11.0. The summed E-state index contributed by atoms with van der Waals surface area (Å²) in [5.74, 6) is 0.586. The van der Waals surface area contributed by atoms with Crippen LogP contribution in [-0.2, 0) is 4.79 Å². The van der Waals surface area contributed by atoms with Crippen molar-refractivity contribution in [2.24, 2.45) is 0 Å². The fraction of sp³-hybridized carbons (Fsp3) is 0.889. The fourth-order valence-electron chi connectivity index (χ4n) is 1.38. The van der Waals surface area contributed by atoms with Gasteiger partial charge in [0.15, 0.2) is 0 Å². The highest BCUT2D eigenvalue weighted by Gasteiger charge is 2.28. The van der Waals surface area contributed by atoms with Crippen LogP contribution in [0.15, 0.2) is 0 Å². The highest BCUT2D eigenvalue weighted by atomic mass is 32.2. The van der Waals surface area contributed by atoms with E-state index in [1.54, 1.807) is 11.8 Å². The van der Waals surface area contributed by atoms with Gasteiger partial charge in [-0.2, -0.15) is 24.9 Å². The summed E-state index contributed by atoms with van der Waals surface area (Å²) in [5, 5.41) is 2.93. The molecule has 1 amide bonds. The first kappa shape index (κ1) is 12.7. The van der Waals surface area contributed by atoms with Crippen LogP contribution in [0.25, 0.3) is 0 Å². The van der Waals surface area contributed by atoms with Crippen LogP contribution in [0.3, 0.4) is 0 Å². The van der Waals surface area contributed by atoms with Gasteiger partial charge in [-0.05, 0) is 18.6 Å². The zero-order valence-electron chi connectivity index (χ0n) is 8.27. The van der Waals surface area contributed by atoms with Crippen molar-refractivity contribution in [2.75, 3.05) is 12.3 Å². The van der Waals surface area contributed by atoms with Crippen molar-refractivity contribution in [1.82, 2.24) is 5.32 Å². The highest BCUT2D eigenvalue weighted by molar-refractivity contribution is 8.00. The minimum absolute atomic E-state index is 0.389. The molecule has 0 radical (unpaired) electrons. The van der Waals surface area contributed by atoms with Crippen LogP contribution >= 0.6 is 11.8 Å². The SMILES string of the molecule is O=C(CCC(F)(F)F)NC[C@@H]1CCCS1. The summed E-state index contributed by atoms with van der Waals surface area (Å²) in [5.41, 5.74) is 0. The maximum Gasteiger partial charge on any atom is 0.389 e. The van der Waals surface area contributed by atoms with E-state index in [1.807, 2.05) is 0 Å². The molecule has 1 heterocycles. The lowest BCUT2D eigenvalue weighted by Gasteiger charge is -2.10. The quantitative estimate of drug-likeness (QED) is 0.818. The Labute approximate surface area is 91.0 Å². The molecule has 0 unspecified atom stereocenters. The first-order valence-corrected chi connectivity index (χ1v) is 5.97. The van der Waals surface area contributed by atoms with Crippen molar-refractivity contribution < 1.29 is 18.0 Å².